The number of rotatable bonds is 8. The molecule has 10 heteroatoms. The molecular formula is C24H23ClN2O6S. The molecule has 0 aliphatic carbocycles. The van der Waals surface area contributed by atoms with Gasteiger partial charge in [-0.25, -0.2) is 0 Å². The zero-order valence-electron chi connectivity index (χ0n) is 18.8. The summed E-state index contributed by atoms with van der Waals surface area (Å²) >= 11 is 7.00. The highest BCUT2D eigenvalue weighted by Crippen LogP contribution is 2.33. The second-order valence-corrected chi connectivity index (χ2v) is 9.10. The summed E-state index contributed by atoms with van der Waals surface area (Å²) in [5.74, 6) is -1.29. The molecule has 1 saturated heterocycles. The van der Waals surface area contributed by atoms with Crippen LogP contribution in [0.15, 0.2) is 47.4 Å². The van der Waals surface area contributed by atoms with Crippen LogP contribution in [0, 0.1) is 6.92 Å². The van der Waals surface area contributed by atoms with Gasteiger partial charge in [0, 0.05) is 5.69 Å². The molecule has 1 heterocycles. The van der Waals surface area contributed by atoms with E-state index >= 15 is 0 Å². The maximum absolute atomic E-state index is 12.5. The third kappa shape index (κ3) is 6.85. The standard InChI is InChI=1S/C24H23ClN2O6S/c1-14(2)33-22(29)12-27-23(30)20(34-24(27)31)11-16-6-9-19(18(25)10-16)32-13-21(28)26-17-7-4-15(3)5-8-17/h4-11,14H,12-13H2,1-3H3,(H,26,28)/b20-11+. The van der Waals surface area contributed by atoms with Crippen molar-refractivity contribution in [2.75, 3.05) is 18.5 Å². The van der Waals surface area contributed by atoms with Crippen LogP contribution in [0.25, 0.3) is 6.08 Å². The van der Waals surface area contributed by atoms with E-state index in [4.69, 9.17) is 21.1 Å². The second kappa shape index (κ2) is 11.2. The first-order valence-corrected chi connectivity index (χ1v) is 11.6. The molecule has 0 bridgehead atoms. The highest BCUT2D eigenvalue weighted by atomic mass is 35.5. The van der Waals surface area contributed by atoms with E-state index in [0.717, 1.165) is 22.2 Å². The first-order valence-electron chi connectivity index (χ1n) is 10.4. The van der Waals surface area contributed by atoms with E-state index in [1.165, 1.54) is 6.08 Å². The van der Waals surface area contributed by atoms with E-state index in [9.17, 15) is 19.2 Å². The lowest BCUT2D eigenvalue weighted by Crippen LogP contribution is -2.35. The van der Waals surface area contributed by atoms with Gasteiger partial charge in [0.15, 0.2) is 6.61 Å². The highest BCUT2D eigenvalue weighted by molar-refractivity contribution is 8.18. The van der Waals surface area contributed by atoms with Crippen LogP contribution in [-0.2, 0) is 19.1 Å². The molecule has 0 aromatic heterocycles. The Kier molecular flexibility index (Phi) is 8.36. The highest BCUT2D eigenvalue weighted by Gasteiger charge is 2.36. The molecule has 1 fully saturated rings. The van der Waals surface area contributed by atoms with Gasteiger partial charge < -0.3 is 14.8 Å². The summed E-state index contributed by atoms with van der Waals surface area (Å²) < 4.78 is 10.5. The van der Waals surface area contributed by atoms with Crippen LogP contribution in [0.5, 0.6) is 5.75 Å². The number of thioether (sulfide) groups is 1. The fraction of sp³-hybridized carbons (Fsp3) is 0.250. The van der Waals surface area contributed by atoms with Crippen molar-refractivity contribution in [3.05, 3.63) is 63.5 Å². The van der Waals surface area contributed by atoms with Crippen molar-refractivity contribution in [1.82, 2.24) is 4.90 Å². The van der Waals surface area contributed by atoms with Gasteiger partial charge in [-0.1, -0.05) is 35.4 Å². The number of nitrogens with one attached hydrogen (secondary N) is 1. The van der Waals surface area contributed by atoms with Gasteiger partial charge in [-0.15, -0.1) is 0 Å². The third-order valence-corrected chi connectivity index (χ3v) is 5.68. The summed E-state index contributed by atoms with van der Waals surface area (Å²) in [4.78, 5) is 49.6. The number of esters is 1. The molecule has 0 radical (unpaired) electrons. The van der Waals surface area contributed by atoms with Gasteiger partial charge in [0.05, 0.1) is 16.0 Å². The predicted octanol–water partition coefficient (Wildman–Crippen LogP) is 4.65. The number of ether oxygens (including phenoxy) is 2. The summed E-state index contributed by atoms with van der Waals surface area (Å²) in [6.45, 7) is 4.63. The van der Waals surface area contributed by atoms with Gasteiger partial charge in [0.25, 0.3) is 17.1 Å². The zero-order chi connectivity index (χ0) is 24.8. The van der Waals surface area contributed by atoms with Crippen molar-refractivity contribution in [2.45, 2.75) is 26.9 Å². The zero-order valence-corrected chi connectivity index (χ0v) is 20.4. The molecule has 0 atom stereocenters. The van der Waals surface area contributed by atoms with Crippen LogP contribution in [-0.4, -0.2) is 47.2 Å². The van der Waals surface area contributed by atoms with Crippen molar-refractivity contribution in [2.24, 2.45) is 0 Å². The number of amides is 3. The van der Waals surface area contributed by atoms with Crippen molar-refractivity contribution in [3.63, 3.8) is 0 Å². The molecule has 0 saturated carbocycles. The first-order chi connectivity index (χ1) is 16.1. The SMILES string of the molecule is Cc1ccc(NC(=O)COc2ccc(/C=C3/SC(=O)N(CC(=O)OC(C)C)C3=O)cc2Cl)cc1. The Hall–Kier alpha value is -3.30. The number of carbonyl (C=O) groups excluding carboxylic acids is 4. The lowest BCUT2D eigenvalue weighted by atomic mass is 10.2. The Morgan fingerprint density at radius 2 is 1.85 bits per heavy atom. The van der Waals surface area contributed by atoms with Gasteiger partial charge in [0.1, 0.15) is 12.3 Å². The molecule has 1 aliphatic heterocycles. The van der Waals surface area contributed by atoms with Gasteiger partial charge in [0.2, 0.25) is 0 Å². The molecule has 3 rings (SSSR count). The number of benzene rings is 2. The lowest BCUT2D eigenvalue weighted by molar-refractivity contribution is -0.149. The number of halogens is 1. The number of aryl methyl sites for hydroxylation is 1. The number of anilines is 1. The number of imide groups is 1. The summed E-state index contributed by atoms with van der Waals surface area (Å²) in [5.41, 5.74) is 2.29. The van der Waals surface area contributed by atoms with E-state index in [0.29, 0.717) is 17.0 Å². The molecule has 1 aliphatic rings. The Balaban J connectivity index is 1.60. The van der Waals surface area contributed by atoms with Gasteiger partial charge in [-0.05, 0) is 68.4 Å². The predicted molar refractivity (Wildman–Crippen MR) is 131 cm³/mol. The van der Waals surface area contributed by atoms with E-state index in [-0.39, 0.29) is 28.5 Å². The fourth-order valence-corrected chi connectivity index (χ4v) is 4.00. The Morgan fingerprint density at radius 1 is 1.15 bits per heavy atom. The molecule has 1 N–H and O–H groups in total. The summed E-state index contributed by atoms with van der Waals surface area (Å²) in [7, 11) is 0. The summed E-state index contributed by atoms with van der Waals surface area (Å²) in [6.07, 6.45) is 1.15. The molecule has 2 aromatic rings. The molecule has 34 heavy (non-hydrogen) atoms. The minimum Gasteiger partial charge on any atom is -0.482 e. The molecule has 0 spiro atoms. The maximum Gasteiger partial charge on any atom is 0.326 e. The molecule has 3 amide bonds. The van der Waals surface area contributed by atoms with Crippen LogP contribution in [0.1, 0.15) is 25.0 Å². The molecule has 8 nitrogen and oxygen atoms in total. The van der Waals surface area contributed by atoms with Gasteiger partial charge >= 0.3 is 5.97 Å². The van der Waals surface area contributed by atoms with E-state index in [1.54, 1.807) is 44.2 Å². The lowest BCUT2D eigenvalue weighted by Gasteiger charge is -2.13. The normalized spacial score (nSPS) is 14.6. The van der Waals surface area contributed by atoms with Crippen LogP contribution in [0.2, 0.25) is 5.02 Å². The van der Waals surface area contributed by atoms with E-state index in [2.05, 4.69) is 5.32 Å². The smallest absolute Gasteiger partial charge is 0.326 e. The quantitative estimate of drug-likeness (QED) is 0.414. The number of carbonyl (C=O) groups is 4. The van der Waals surface area contributed by atoms with Crippen LogP contribution < -0.4 is 10.1 Å². The summed E-state index contributed by atoms with van der Waals surface area (Å²) in [5, 5.41) is 2.41. The van der Waals surface area contributed by atoms with Gasteiger partial charge in [-0.2, -0.15) is 0 Å². The molecular weight excluding hydrogens is 480 g/mol. The van der Waals surface area contributed by atoms with Crippen molar-refractivity contribution >= 4 is 58.1 Å². The maximum atomic E-state index is 12.5. The molecule has 0 unspecified atom stereocenters. The average Bonchev–Trinajstić information content (AvgIpc) is 3.01. The van der Waals surface area contributed by atoms with Gasteiger partial charge in [-0.3, -0.25) is 24.1 Å². The fourth-order valence-electron chi connectivity index (χ4n) is 2.92. The largest absolute Gasteiger partial charge is 0.482 e. The monoisotopic (exact) mass is 502 g/mol. The van der Waals surface area contributed by atoms with Crippen LogP contribution >= 0.6 is 23.4 Å². The number of nitrogens with zero attached hydrogens (tertiary/aromatic N) is 1. The third-order valence-electron chi connectivity index (χ3n) is 4.48. The molecule has 178 valence electrons. The van der Waals surface area contributed by atoms with E-state index < -0.39 is 23.7 Å². The number of hydrogen-bond donors (Lipinski definition) is 1. The first kappa shape index (κ1) is 25.3. The second-order valence-electron chi connectivity index (χ2n) is 7.70. The topological polar surface area (TPSA) is 102 Å². The number of hydrogen-bond acceptors (Lipinski definition) is 7. The van der Waals surface area contributed by atoms with Crippen molar-refractivity contribution < 1.29 is 28.7 Å². The Labute approximate surface area is 206 Å². The minimum absolute atomic E-state index is 0.157. The van der Waals surface area contributed by atoms with Crippen LogP contribution in [0.4, 0.5) is 10.5 Å². The Morgan fingerprint density at radius 3 is 2.50 bits per heavy atom. The van der Waals surface area contributed by atoms with E-state index in [1.807, 2.05) is 19.1 Å². The average molecular weight is 503 g/mol. The van der Waals surface area contributed by atoms with Crippen molar-refractivity contribution in [3.8, 4) is 5.75 Å². The van der Waals surface area contributed by atoms with Crippen LogP contribution in [0.3, 0.4) is 0 Å². The minimum atomic E-state index is -0.658. The van der Waals surface area contributed by atoms with Crippen molar-refractivity contribution in [1.29, 1.82) is 0 Å². The Bertz CT molecular complexity index is 1150. The summed E-state index contributed by atoms with van der Waals surface area (Å²) in [6, 6.07) is 12.1. The molecule has 2 aromatic carbocycles.